The molecular formula is C15H23N3O5. The number of carbonyl (C=O) groups is 1. The Balaban J connectivity index is 1.60. The third kappa shape index (κ3) is 3.65. The lowest BCUT2D eigenvalue weighted by Gasteiger charge is -2.42. The number of oxazole rings is 1. The van der Waals surface area contributed by atoms with Crippen molar-refractivity contribution in [2.75, 3.05) is 50.9 Å². The van der Waals surface area contributed by atoms with Crippen LogP contribution in [-0.4, -0.2) is 79.1 Å². The zero-order chi connectivity index (χ0) is 16.2. The summed E-state index contributed by atoms with van der Waals surface area (Å²) in [6, 6.07) is 0.488. The molecule has 0 saturated carbocycles. The minimum atomic E-state index is -0.494. The summed E-state index contributed by atoms with van der Waals surface area (Å²) in [5.74, 6) is -0.494. The highest BCUT2D eigenvalue weighted by molar-refractivity contribution is 5.87. The van der Waals surface area contributed by atoms with Crippen LogP contribution in [0.5, 0.6) is 0 Å². The number of carbonyl (C=O) groups excluding carboxylic acids is 1. The number of nitrogens with zero attached hydrogens (tertiary/aromatic N) is 3. The van der Waals surface area contributed by atoms with E-state index in [4.69, 9.17) is 13.9 Å². The highest BCUT2D eigenvalue weighted by Gasteiger charge is 2.34. The van der Waals surface area contributed by atoms with Gasteiger partial charge in [-0.05, 0) is 13.3 Å². The van der Waals surface area contributed by atoms with E-state index >= 15 is 0 Å². The van der Waals surface area contributed by atoms with Crippen molar-refractivity contribution in [3.8, 4) is 0 Å². The molecule has 128 valence electrons. The average molecular weight is 325 g/mol. The molecule has 8 nitrogen and oxygen atoms in total. The molecule has 3 rings (SSSR count). The van der Waals surface area contributed by atoms with E-state index in [0.29, 0.717) is 19.2 Å². The summed E-state index contributed by atoms with van der Waals surface area (Å²) in [6.07, 6.45) is 1.63. The number of aliphatic hydroxyl groups excluding tert-OH is 1. The van der Waals surface area contributed by atoms with Crippen molar-refractivity contribution in [2.24, 2.45) is 0 Å². The fourth-order valence-electron chi connectivity index (χ4n) is 3.14. The third-order valence-corrected chi connectivity index (χ3v) is 4.31. The van der Waals surface area contributed by atoms with E-state index in [0.717, 1.165) is 39.3 Å². The number of morpholine rings is 1. The van der Waals surface area contributed by atoms with Gasteiger partial charge >= 0.3 is 5.97 Å². The van der Waals surface area contributed by atoms with Gasteiger partial charge in [-0.15, -0.1) is 0 Å². The van der Waals surface area contributed by atoms with Crippen LogP contribution in [-0.2, 0) is 9.47 Å². The van der Waals surface area contributed by atoms with Gasteiger partial charge in [0.05, 0.1) is 25.9 Å². The molecule has 0 bridgehead atoms. The van der Waals surface area contributed by atoms with Gasteiger partial charge in [0, 0.05) is 32.2 Å². The van der Waals surface area contributed by atoms with Crippen LogP contribution < -0.4 is 4.90 Å². The highest BCUT2D eigenvalue weighted by atomic mass is 16.5. The number of rotatable bonds is 4. The zero-order valence-electron chi connectivity index (χ0n) is 13.3. The van der Waals surface area contributed by atoms with Gasteiger partial charge in [-0.1, -0.05) is 0 Å². The Morgan fingerprint density at radius 3 is 2.91 bits per heavy atom. The Morgan fingerprint density at radius 1 is 1.43 bits per heavy atom. The summed E-state index contributed by atoms with van der Waals surface area (Å²) in [7, 11) is 0. The lowest BCUT2D eigenvalue weighted by Crippen LogP contribution is -2.56. The van der Waals surface area contributed by atoms with Crippen molar-refractivity contribution in [3.05, 3.63) is 12.0 Å². The Bertz CT molecular complexity index is 529. The fraction of sp³-hybridized carbons (Fsp3) is 0.733. The lowest BCUT2D eigenvalue weighted by molar-refractivity contribution is -0.0278. The summed E-state index contributed by atoms with van der Waals surface area (Å²) in [6.45, 7) is 6.34. The number of esters is 1. The summed E-state index contributed by atoms with van der Waals surface area (Å²) in [5.41, 5.74) is 0.159. The van der Waals surface area contributed by atoms with Crippen molar-refractivity contribution in [1.29, 1.82) is 0 Å². The number of aromatic nitrogens is 1. The molecule has 2 fully saturated rings. The van der Waals surface area contributed by atoms with E-state index in [1.807, 2.05) is 4.90 Å². The number of anilines is 1. The van der Waals surface area contributed by atoms with Crippen molar-refractivity contribution in [2.45, 2.75) is 25.5 Å². The molecule has 2 aliphatic heterocycles. The molecule has 1 N–H and O–H groups in total. The standard InChI is InChI=1S/C15H23N3O5/c1-2-22-14(20)11-10-23-15(16-11)18-4-3-12(13(19)9-18)17-5-7-21-8-6-17/h10,12-13,19H,2-9H2,1H3/t12-,13-/m1/s1. The quantitative estimate of drug-likeness (QED) is 0.781. The van der Waals surface area contributed by atoms with Crippen molar-refractivity contribution in [1.82, 2.24) is 9.88 Å². The topological polar surface area (TPSA) is 88.3 Å². The largest absolute Gasteiger partial charge is 0.461 e. The molecule has 0 radical (unpaired) electrons. The first-order valence-electron chi connectivity index (χ1n) is 8.06. The molecule has 2 atom stereocenters. The highest BCUT2D eigenvalue weighted by Crippen LogP contribution is 2.23. The summed E-state index contributed by atoms with van der Waals surface area (Å²) in [4.78, 5) is 19.9. The molecule has 0 aromatic carbocycles. The van der Waals surface area contributed by atoms with E-state index < -0.39 is 12.1 Å². The smallest absolute Gasteiger partial charge is 0.360 e. The molecule has 8 heteroatoms. The van der Waals surface area contributed by atoms with Gasteiger partial charge in [0.2, 0.25) is 0 Å². The summed E-state index contributed by atoms with van der Waals surface area (Å²) in [5, 5.41) is 10.5. The van der Waals surface area contributed by atoms with Crippen LogP contribution in [0.3, 0.4) is 0 Å². The first-order valence-corrected chi connectivity index (χ1v) is 8.06. The molecule has 2 aliphatic rings. The predicted octanol–water partition coefficient (Wildman–Crippen LogP) is 0.123. The van der Waals surface area contributed by atoms with Crippen LogP contribution in [0.15, 0.2) is 10.7 Å². The van der Waals surface area contributed by atoms with Gasteiger partial charge in [-0.25, -0.2) is 4.79 Å². The molecule has 0 aliphatic carbocycles. The summed E-state index contributed by atoms with van der Waals surface area (Å²) < 4.78 is 15.6. The minimum Gasteiger partial charge on any atom is -0.461 e. The lowest BCUT2D eigenvalue weighted by atomic mass is 10.00. The Hall–Kier alpha value is -1.64. The van der Waals surface area contributed by atoms with E-state index in [9.17, 15) is 9.90 Å². The fourth-order valence-corrected chi connectivity index (χ4v) is 3.14. The van der Waals surface area contributed by atoms with Crippen LogP contribution in [0, 0.1) is 0 Å². The third-order valence-electron chi connectivity index (χ3n) is 4.31. The molecule has 0 amide bonds. The normalized spacial score (nSPS) is 26.3. The second-order valence-corrected chi connectivity index (χ2v) is 5.75. The Morgan fingerprint density at radius 2 is 2.22 bits per heavy atom. The number of aliphatic hydroxyl groups is 1. The Labute approximate surface area is 135 Å². The molecular weight excluding hydrogens is 302 g/mol. The average Bonchev–Trinajstić information content (AvgIpc) is 3.06. The van der Waals surface area contributed by atoms with Gasteiger partial charge in [-0.3, -0.25) is 4.90 Å². The van der Waals surface area contributed by atoms with Gasteiger partial charge < -0.3 is 23.9 Å². The van der Waals surface area contributed by atoms with Gasteiger partial charge in [-0.2, -0.15) is 4.98 Å². The molecule has 0 spiro atoms. The van der Waals surface area contributed by atoms with Crippen LogP contribution >= 0.6 is 0 Å². The number of hydrogen-bond acceptors (Lipinski definition) is 8. The van der Waals surface area contributed by atoms with Gasteiger partial charge in [0.1, 0.15) is 6.26 Å². The number of β-amino-alcohol motifs (C(OH)–C–C–N with tert-alkyl or cyclic N) is 1. The van der Waals surface area contributed by atoms with E-state index in [1.54, 1.807) is 6.92 Å². The van der Waals surface area contributed by atoms with Crippen LogP contribution in [0.1, 0.15) is 23.8 Å². The summed E-state index contributed by atoms with van der Waals surface area (Å²) >= 11 is 0. The van der Waals surface area contributed by atoms with Crippen LogP contribution in [0.25, 0.3) is 0 Å². The van der Waals surface area contributed by atoms with Crippen molar-refractivity contribution in [3.63, 3.8) is 0 Å². The second kappa shape index (κ2) is 7.29. The maximum Gasteiger partial charge on any atom is 0.360 e. The molecule has 23 heavy (non-hydrogen) atoms. The zero-order valence-corrected chi connectivity index (χ0v) is 13.3. The first-order chi connectivity index (χ1) is 11.2. The van der Waals surface area contributed by atoms with Gasteiger partial charge in [0.15, 0.2) is 5.69 Å². The first kappa shape index (κ1) is 16.2. The number of hydrogen-bond donors (Lipinski definition) is 1. The minimum absolute atomic E-state index is 0.134. The predicted molar refractivity (Wildman–Crippen MR) is 81.5 cm³/mol. The molecule has 2 saturated heterocycles. The number of piperidine rings is 1. The second-order valence-electron chi connectivity index (χ2n) is 5.75. The SMILES string of the molecule is CCOC(=O)c1coc(N2CC[C@@H](N3CCOCC3)[C@H](O)C2)n1. The van der Waals surface area contributed by atoms with E-state index in [-0.39, 0.29) is 11.7 Å². The van der Waals surface area contributed by atoms with Crippen LogP contribution in [0.2, 0.25) is 0 Å². The molecule has 1 aromatic rings. The monoisotopic (exact) mass is 325 g/mol. The maximum atomic E-state index is 11.6. The molecule has 1 aromatic heterocycles. The van der Waals surface area contributed by atoms with Crippen LogP contribution in [0.4, 0.5) is 6.01 Å². The van der Waals surface area contributed by atoms with Gasteiger partial charge in [0.25, 0.3) is 6.01 Å². The number of ether oxygens (including phenoxy) is 2. The van der Waals surface area contributed by atoms with E-state index in [2.05, 4.69) is 9.88 Å². The van der Waals surface area contributed by atoms with Crippen molar-refractivity contribution >= 4 is 12.0 Å². The van der Waals surface area contributed by atoms with Crippen molar-refractivity contribution < 1.29 is 23.8 Å². The molecule has 3 heterocycles. The van der Waals surface area contributed by atoms with E-state index in [1.165, 1.54) is 6.26 Å². The Kier molecular flexibility index (Phi) is 5.14. The molecule has 0 unspecified atom stereocenters. The maximum absolute atomic E-state index is 11.6.